The van der Waals surface area contributed by atoms with E-state index in [1.807, 2.05) is 28.3 Å². The smallest absolute Gasteiger partial charge is 0.475 e. The molecule has 0 saturated carbocycles. The van der Waals surface area contributed by atoms with Crippen molar-refractivity contribution >= 4 is 23.2 Å². The highest BCUT2D eigenvalue weighted by Crippen LogP contribution is 2.26. The van der Waals surface area contributed by atoms with Gasteiger partial charge in [-0.05, 0) is 25.1 Å². The average molecular weight is 418 g/mol. The van der Waals surface area contributed by atoms with Crippen LogP contribution < -0.4 is 5.32 Å². The number of fused-ring (bicyclic) bond motifs is 1. The Morgan fingerprint density at radius 3 is 2.57 bits per heavy atom. The van der Waals surface area contributed by atoms with Crippen LogP contribution in [0.5, 0.6) is 0 Å². The van der Waals surface area contributed by atoms with Gasteiger partial charge in [-0.1, -0.05) is 0 Å². The molecule has 0 radical (unpaired) electrons. The molecule has 154 valence electrons. The summed E-state index contributed by atoms with van der Waals surface area (Å²) in [6.45, 7) is 4.82. The third-order valence-corrected chi connectivity index (χ3v) is 5.06. The number of carbonyl (C=O) groups is 2. The van der Waals surface area contributed by atoms with Gasteiger partial charge in [-0.25, -0.2) is 4.79 Å². The van der Waals surface area contributed by atoms with Gasteiger partial charge >= 0.3 is 12.1 Å². The highest BCUT2D eigenvalue weighted by molar-refractivity contribution is 7.11. The third-order valence-electron chi connectivity index (χ3n) is 4.07. The molecular formula is C17H21F3N4O3S. The van der Waals surface area contributed by atoms with E-state index < -0.39 is 12.1 Å². The fraction of sp³-hybridized carbons (Fsp3) is 0.471. The summed E-state index contributed by atoms with van der Waals surface area (Å²) in [4.78, 5) is 25.7. The molecule has 1 amide bonds. The summed E-state index contributed by atoms with van der Waals surface area (Å²) in [5, 5.41) is 14.2. The number of hydrogen-bond donors (Lipinski definition) is 2. The van der Waals surface area contributed by atoms with E-state index in [1.54, 1.807) is 7.05 Å². The van der Waals surface area contributed by atoms with E-state index in [2.05, 4.69) is 34.4 Å². The van der Waals surface area contributed by atoms with Gasteiger partial charge in [0.15, 0.2) is 0 Å². The van der Waals surface area contributed by atoms with Gasteiger partial charge in [0, 0.05) is 42.6 Å². The molecule has 0 saturated heterocycles. The molecule has 0 aromatic carbocycles. The van der Waals surface area contributed by atoms with E-state index in [0.29, 0.717) is 6.42 Å². The number of carboxylic acid groups (broad SMARTS) is 1. The predicted molar refractivity (Wildman–Crippen MR) is 96.8 cm³/mol. The van der Waals surface area contributed by atoms with Crippen LogP contribution in [0.15, 0.2) is 24.4 Å². The maximum atomic E-state index is 11.7. The van der Waals surface area contributed by atoms with Gasteiger partial charge in [0.25, 0.3) is 0 Å². The number of carbonyl (C=O) groups excluding carboxylic acids is 1. The normalized spacial score (nSPS) is 16.7. The second-order valence-corrected chi connectivity index (χ2v) is 7.66. The highest BCUT2D eigenvalue weighted by Gasteiger charge is 2.38. The largest absolute Gasteiger partial charge is 0.490 e. The van der Waals surface area contributed by atoms with Crippen molar-refractivity contribution in [2.45, 2.75) is 38.7 Å². The van der Waals surface area contributed by atoms with Gasteiger partial charge in [-0.3, -0.25) is 14.4 Å². The Bertz CT molecular complexity index is 819. The molecule has 0 spiro atoms. The van der Waals surface area contributed by atoms with Gasteiger partial charge in [-0.2, -0.15) is 18.3 Å². The molecule has 2 aromatic heterocycles. The van der Waals surface area contributed by atoms with E-state index in [4.69, 9.17) is 9.90 Å². The van der Waals surface area contributed by atoms with Gasteiger partial charge < -0.3 is 10.4 Å². The molecule has 1 unspecified atom stereocenters. The maximum Gasteiger partial charge on any atom is 0.490 e. The summed E-state index contributed by atoms with van der Waals surface area (Å²) in [6, 6.07) is 6.52. The minimum atomic E-state index is -5.08. The van der Waals surface area contributed by atoms with E-state index in [1.165, 1.54) is 15.4 Å². The Hall–Kier alpha value is -2.40. The summed E-state index contributed by atoms with van der Waals surface area (Å²) in [6.07, 6.45) is -2.78. The molecule has 1 atom stereocenters. The number of carboxylic acids is 1. The van der Waals surface area contributed by atoms with Gasteiger partial charge in [0.1, 0.15) is 0 Å². The number of rotatable bonds is 4. The number of alkyl halides is 3. The van der Waals surface area contributed by atoms with Crippen LogP contribution in [0.25, 0.3) is 0 Å². The summed E-state index contributed by atoms with van der Waals surface area (Å²) >= 11 is 1.84. The number of halogens is 3. The van der Waals surface area contributed by atoms with Crippen LogP contribution in [0.3, 0.4) is 0 Å². The van der Waals surface area contributed by atoms with Crippen molar-refractivity contribution in [2.75, 3.05) is 13.6 Å². The zero-order valence-corrected chi connectivity index (χ0v) is 16.2. The SMILES string of the molecule is CNC(=O)CC1CN(Cc2ccc(C)s2)Cc2ccnn21.O=C(O)C(F)(F)F. The molecular weight excluding hydrogens is 397 g/mol. The van der Waals surface area contributed by atoms with Crippen LogP contribution in [-0.4, -0.2) is 51.4 Å². The summed E-state index contributed by atoms with van der Waals surface area (Å²) in [5.41, 5.74) is 1.18. The summed E-state index contributed by atoms with van der Waals surface area (Å²) in [5.74, 6) is -2.69. The first kappa shape index (κ1) is 21.9. The zero-order chi connectivity index (χ0) is 20.9. The minimum Gasteiger partial charge on any atom is -0.475 e. The number of amides is 1. The van der Waals surface area contributed by atoms with Gasteiger partial charge in [0.05, 0.1) is 18.2 Å². The summed E-state index contributed by atoms with van der Waals surface area (Å²) < 4.78 is 33.7. The molecule has 0 fully saturated rings. The lowest BCUT2D eigenvalue weighted by atomic mass is 10.1. The second kappa shape index (κ2) is 9.20. The lowest BCUT2D eigenvalue weighted by Crippen LogP contribution is -2.39. The molecule has 1 aliphatic heterocycles. The Morgan fingerprint density at radius 2 is 2.04 bits per heavy atom. The predicted octanol–water partition coefficient (Wildman–Crippen LogP) is 2.58. The molecule has 28 heavy (non-hydrogen) atoms. The number of thiophene rings is 1. The van der Waals surface area contributed by atoms with E-state index in [-0.39, 0.29) is 11.9 Å². The van der Waals surface area contributed by atoms with Crippen molar-refractivity contribution in [3.05, 3.63) is 39.8 Å². The number of hydrogen-bond acceptors (Lipinski definition) is 5. The molecule has 2 N–H and O–H groups in total. The average Bonchev–Trinajstić information content (AvgIpc) is 3.23. The van der Waals surface area contributed by atoms with Crippen molar-refractivity contribution in [1.82, 2.24) is 20.0 Å². The molecule has 2 aromatic rings. The Labute approximate surface area is 163 Å². The molecule has 7 nitrogen and oxygen atoms in total. The number of aliphatic carboxylic acids is 1. The van der Waals surface area contributed by atoms with Crippen molar-refractivity contribution in [3.63, 3.8) is 0 Å². The molecule has 3 rings (SSSR count). The monoisotopic (exact) mass is 418 g/mol. The van der Waals surface area contributed by atoms with Gasteiger partial charge in [-0.15, -0.1) is 11.3 Å². The quantitative estimate of drug-likeness (QED) is 0.797. The number of nitrogens with one attached hydrogen (secondary N) is 1. The second-order valence-electron chi connectivity index (χ2n) is 6.28. The third kappa shape index (κ3) is 6.06. The molecule has 0 bridgehead atoms. The van der Waals surface area contributed by atoms with E-state index >= 15 is 0 Å². The van der Waals surface area contributed by atoms with Crippen molar-refractivity contribution < 1.29 is 27.9 Å². The number of nitrogens with zero attached hydrogens (tertiary/aromatic N) is 3. The lowest BCUT2D eigenvalue weighted by molar-refractivity contribution is -0.192. The van der Waals surface area contributed by atoms with Crippen molar-refractivity contribution in [3.8, 4) is 0 Å². The van der Waals surface area contributed by atoms with Crippen LogP contribution >= 0.6 is 11.3 Å². The molecule has 1 aliphatic rings. The fourth-order valence-electron chi connectivity index (χ4n) is 2.84. The lowest BCUT2D eigenvalue weighted by Gasteiger charge is -2.33. The molecule has 11 heteroatoms. The van der Waals surface area contributed by atoms with Crippen LogP contribution in [0, 0.1) is 6.92 Å². The Kier molecular flexibility index (Phi) is 7.19. The minimum absolute atomic E-state index is 0.0651. The van der Waals surface area contributed by atoms with E-state index in [9.17, 15) is 18.0 Å². The Morgan fingerprint density at radius 1 is 1.36 bits per heavy atom. The van der Waals surface area contributed by atoms with Gasteiger partial charge in [0.2, 0.25) is 5.91 Å². The maximum absolute atomic E-state index is 11.7. The van der Waals surface area contributed by atoms with Crippen molar-refractivity contribution in [2.24, 2.45) is 0 Å². The van der Waals surface area contributed by atoms with E-state index in [0.717, 1.165) is 19.6 Å². The molecule has 0 aliphatic carbocycles. The zero-order valence-electron chi connectivity index (χ0n) is 15.4. The van der Waals surface area contributed by atoms with Crippen LogP contribution in [0.4, 0.5) is 13.2 Å². The first-order chi connectivity index (χ1) is 13.1. The number of aryl methyl sites for hydroxylation is 1. The standard InChI is InChI=1S/C15H20N4OS.C2HF3O2/c1-11-3-4-14(21-11)10-18-8-12-5-6-17-19(12)13(9-18)7-15(20)16-2;3-2(4,5)1(6)7/h3-6,13H,7-10H2,1-2H3,(H,16,20);(H,6,7). The summed E-state index contributed by atoms with van der Waals surface area (Å²) in [7, 11) is 1.68. The topological polar surface area (TPSA) is 87.5 Å². The number of aromatic nitrogens is 2. The first-order valence-corrected chi connectivity index (χ1v) is 9.22. The van der Waals surface area contributed by atoms with Crippen LogP contribution in [-0.2, 0) is 22.7 Å². The fourth-order valence-corrected chi connectivity index (χ4v) is 3.78. The first-order valence-electron chi connectivity index (χ1n) is 8.41. The van der Waals surface area contributed by atoms with Crippen molar-refractivity contribution in [1.29, 1.82) is 0 Å². The van der Waals surface area contributed by atoms with Crippen LogP contribution in [0.1, 0.15) is 27.9 Å². The van der Waals surface area contributed by atoms with Crippen LogP contribution in [0.2, 0.25) is 0 Å². The molecule has 3 heterocycles. The highest BCUT2D eigenvalue weighted by atomic mass is 32.1. The Balaban J connectivity index is 0.000000345.